The third-order valence-corrected chi connectivity index (χ3v) is 5.03. The van der Waals surface area contributed by atoms with Crippen molar-refractivity contribution in [3.63, 3.8) is 0 Å². The van der Waals surface area contributed by atoms with Crippen LogP contribution in [-0.2, 0) is 11.2 Å². The van der Waals surface area contributed by atoms with Crippen molar-refractivity contribution in [3.05, 3.63) is 29.6 Å². The van der Waals surface area contributed by atoms with E-state index in [4.69, 9.17) is 4.74 Å². The van der Waals surface area contributed by atoms with E-state index in [2.05, 4.69) is 32.7 Å². The van der Waals surface area contributed by atoms with Crippen LogP contribution < -0.4 is 10.6 Å². The number of ether oxygens (including phenoxy) is 1. The van der Waals surface area contributed by atoms with Gasteiger partial charge >= 0.3 is 0 Å². The minimum absolute atomic E-state index is 0.370. The molecule has 0 amide bonds. The molecule has 24 heavy (non-hydrogen) atoms. The molecule has 0 bridgehead atoms. The third-order valence-electron chi connectivity index (χ3n) is 5.03. The summed E-state index contributed by atoms with van der Waals surface area (Å²) in [5.74, 6) is 0.888. The molecule has 5 nitrogen and oxygen atoms in total. The van der Waals surface area contributed by atoms with E-state index in [1.165, 1.54) is 31.2 Å². The summed E-state index contributed by atoms with van der Waals surface area (Å²) in [5, 5.41) is 6.93. The summed E-state index contributed by atoms with van der Waals surface area (Å²) < 4.78 is 5.30. The molecule has 0 unspecified atom stereocenters. The first kappa shape index (κ1) is 18.7. The molecule has 0 atom stereocenters. The molecule has 1 fully saturated rings. The van der Waals surface area contributed by atoms with E-state index in [0.717, 1.165) is 44.2 Å². The highest BCUT2D eigenvalue weighted by Gasteiger charge is 2.33. The van der Waals surface area contributed by atoms with Gasteiger partial charge < -0.3 is 15.4 Å². The number of guanidine groups is 1. The lowest BCUT2D eigenvalue weighted by Gasteiger charge is -2.30. The first-order valence-electron chi connectivity index (χ1n) is 9.02. The number of hydrogen-bond donors (Lipinski definition) is 2. The Morgan fingerprint density at radius 3 is 2.71 bits per heavy atom. The lowest BCUT2D eigenvalue weighted by Crippen LogP contribution is -2.43. The maximum absolute atomic E-state index is 5.30. The van der Waals surface area contributed by atoms with Crippen molar-refractivity contribution >= 4 is 5.96 Å². The fourth-order valence-corrected chi connectivity index (χ4v) is 3.42. The highest BCUT2D eigenvalue weighted by molar-refractivity contribution is 5.79. The predicted molar refractivity (Wildman–Crippen MR) is 99.4 cm³/mol. The van der Waals surface area contributed by atoms with Gasteiger partial charge in [0, 0.05) is 45.7 Å². The van der Waals surface area contributed by atoms with E-state index in [-0.39, 0.29) is 0 Å². The van der Waals surface area contributed by atoms with Gasteiger partial charge in [-0.2, -0.15) is 0 Å². The van der Waals surface area contributed by atoms with Crippen molar-refractivity contribution in [3.8, 4) is 0 Å². The lowest BCUT2D eigenvalue weighted by atomic mass is 9.83. The van der Waals surface area contributed by atoms with Gasteiger partial charge in [0.05, 0.1) is 0 Å². The number of methoxy groups -OCH3 is 1. The zero-order chi connectivity index (χ0) is 17.3. The van der Waals surface area contributed by atoms with Crippen molar-refractivity contribution in [2.45, 2.75) is 45.4 Å². The second-order valence-electron chi connectivity index (χ2n) is 6.86. The van der Waals surface area contributed by atoms with Gasteiger partial charge in [-0.1, -0.05) is 18.9 Å². The molecule has 0 aliphatic heterocycles. The Hall–Kier alpha value is -1.62. The monoisotopic (exact) mass is 332 g/mol. The van der Waals surface area contributed by atoms with Crippen LogP contribution in [0.1, 0.15) is 43.4 Å². The van der Waals surface area contributed by atoms with E-state index in [9.17, 15) is 0 Å². The summed E-state index contributed by atoms with van der Waals surface area (Å²) in [7, 11) is 3.62. The first-order valence-corrected chi connectivity index (χ1v) is 9.02. The molecule has 0 radical (unpaired) electrons. The Balaban J connectivity index is 1.76. The molecular weight excluding hydrogens is 300 g/mol. The van der Waals surface area contributed by atoms with Crippen molar-refractivity contribution in [1.82, 2.24) is 15.6 Å². The quantitative estimate of drug-likeness (QED) is 0.568. The summed E-state index contributed by atoms with van der Waals surface area (Å²) in [6.45, 7) is 4.68. The van der Waals surface area contributed by atoms with Crippen LogP contribution in [0, 0.1) is 12.3 Å². The molecule has 0 spiro atoms. The molecule has 1 aliphatic carbocycles. The summed E-state index contributed by atoms with van der Waals surface area (Å²) in [6.07, 6.45) is 9.26. The fraction of sp³-hybridized carbons (Fsp3) is 0.684. The Kier molecular flexibility index (Phi) is 7.50. The van der Waals surface area contributed by atoms with E-state index >= 15 is 0 Å². The molecule has 1 saturated carbocycles. The standard InChI is InChI=1S/C19H32N4O/c1-16-6-7-17(14-22-16)8-12-21-18(20-2)23-15-19(11-13-24-3)9-4-5-10-19/h6-7,14H,4-5,8-13,15H2,1-3H3,(H2,20,21,23). The molecule has 0 aromatic carbocycles. The van der Waals surface area contributed by atoms with E-state index in [1.807, 2.05) is 20.2 Å². The topological polar surface area (TPSA) is 58.5 Å². The van der Waals surface area contributed by atoms with Crippen LogP contribution in [-0.4, -0.2) is 44.8 Å². The summed E-state index contributed by atoms with van der Waals surface area (Å²) in [4.78, 5) is 8.69. The number of pyridine rings is 1. The van der Waals surface area contributed by atoms with Gasteiger partial charge in [0.1, 0.15) is 0 Å². The largest absolute Gasteiger partial charge is 0.385 e. The van der Waals surface area contributed by atoms with Crippen LogP contribution in [0.5, 0.6) is 0 Å². The third kappa shape index (κ3) is 5.78. The molecule has 1 aromatic heterocycles. The Bertz CT molecular complexity index is 507. The maximum Gasteiger partial charge on any atom is 0.191 e. The van der Waals surface area contributed by atoms with Crippen LogP contribution >= 0.6 is 0 Å². The number of aromatic nitrogens is 1. The van der Waals surface area contributed by atoms with Gasteiger partial charge in [-0.15, -0.1) is 0 Å². The lowest BCUT2D eigenvalue weighted by molar-refractivity contribution is 0.138. The van der Waals surface area contributed by atoms with E-state index < -0.39 is 0 Å². The summed E-state index contributed by atoms with van der Waals surface area (Å²) >= 11 is 0. The van der Waals surface area contributed by atoms with Gasteiger partial charge in [-0.3, -0.25) is 9.98 Å². The molecule has 134 valence electrons. The molecular formula is C19H32N4O. The van der Waals surface area contributed by atoms with E-state index in [0.29, 0.717) is 5.41 Å². The van der Waals surface area contributed by atoms with Gasteiger partial charge in [0.25, 0.3) is 0 Å². The number of nitrogens with one attached hydrogen (secondary N) is 2. The normalized spacial score (nSPS) is 17.0. The second-order valence-corrected chi connectivity index (χ2v) is 6.86. The average molecular weight is 332 g/mol. The van der Waals surface area contributed by atoms with Crippen LogP contribution in [0.2, 0.25) is 0 Å². The highest BCUT2D eigenvalue weighted by Crippen LogP contribution is 2.40. The van der Waals surface area contributed by atoms with E-state index in [1.54, 1.807) is 7.11 Å². The molecule has 1 heterocycles. The Morgan fingerprint density at radius 2 is 2.08 bits per heavy atom. The van der Waals surface area contributed by atoms with Gasteiger partial charge in [0.15, 0.2) is 5.96 Å². The molecule has 2 N–H and O–H groups in total. The first-order chi connectivity index (χ1) is 11.7. The number of aliphatic imine (C=N–C) groups is 1. The van der Waals surface area contributed by atoms with Crippen molar-refractivity contribution < 1.29 is 4.74 Å². The van der Waals surface area contributed by atoms with Crippen LogP contribution in [0.25, 0.3) is 0 Å². The number of nitrogens with zero attached hydrogens (tertiary/aromatic N) is 2. The Labute approximate surface area is 146 Å². The summed E-state index contributed by atoms with van der Waals surface area (Å²) in [6, 6.07) is 4.19. The Morgan fingerprint density at radius 1 is 1.29 bits per heavy atom. The molecule has 2 rings (SSSR count). The van der Waals surface area contributed by atoms with Crippen molar-refractivity contribution in [1.29, 1.82) is 0 Å². The maximum atomic E-state index is 5.30. The van der Waals surface area contributed by atoms with Crippen LogP contribution in [0.3, 0.4) is 0 Å². The molecule has 0 saturated heterocycles. The molecule has 1 aliphatic rings. The molecule has 1 aromatic rings. The number of aryl methyl sites for hydroxylation is 1. The van der Waals surface area contributed by atoms with Gasteiger partial charge in [-0.05, 0) is 49.7 Å². The minimum atomic E-state index is 0.370. The van der Waals surface area contributed by atoms with Crippen LogP contribution in [0.4, 0.5) is 0 Å². The second kappa shape index (κ2) is 9.62. The number of hydrogen-bond acceptors (Lipinski definition) is 3. The SMILES string of the molecule is CN=C(NCCc1ccc(C)nc1)NCC1(CCOC)CCCC1. The smallest absolute Gasteiger partial charge is 0.191 e. The zero-order valence-corrected chi connectivity index (χ0v) is 15.4. The summed E-state index contributed by atoms with van der Waals surface area (Å²) in [5.41, 5.74) is 2.67. The zero-order valence-electron chi connectivity index (χ0n) is 15.4. The highest BCUT2D eigenvalue weighted by atomic mass is 16.5. The average Bonchev–Trinajstić information content (AvgIpc) is 3.07. The van der Waals surface area contributed by atoms with Gasteiger partial charge in [-0.25, -0.2) is 0 Å². The fourth-order valence-electron chi connectivity index (χ4n) is 3.42. The van der Waals surface area contributed by atoms with Crippen LogP contribution in [0.15, 0.2) is 23.3 Å². The van der Waals surface area contributed by atoms with Crippen molar-refractivity contribution in [2.24, 2.45) is 10.4 Å². The van der Waals surface area contributed by atoms with Gasteiger partial charge in [0.2, 0.25) is 0 Å². The minimum Gasteiger partial charge on any atom is -0.385 e. The molecule has 5 heteroatoms. The predicted octanol–water partition coefficient (Wildman–Crippen LogP) is 2.69. The van der Waals surface area contributed by atoms with Crippen molar-refractivity contribution in [2.75, 3.05) is 33.9 Å². The number of rotatable bonds is 8.